The van der Waals surface area contributed by atoms with E-state index in [1.54, 1.807) is 0 Å². The van der Waals surface area contributed by atoms with Crippen molar-refractivity contribution in [2.45, 2.75) is 44.6 Å². The van der Waals surface area contributed by atoms with E-state index in [-0.39, 0.29) is 0 Å². The number of rotatable bonds is 8. The van der Waals surface area contributed by atoms with Gasteiger partial charge in [-0.2, -0.15) is 0 Å². The van der Waals surface area contributed by atoms with Gasteiger partial charge < -0.3 is 15.5 Å². The molecule has 1 heterocycles. The maximum absolute atomic E-state index is 4.87. The molecule has 0 spiro atoms. The molecule has 2 aromatic carbocycles. The molecule has 0 radical (unpaired) electrons. The van der Waals surface area contributed by atoms with Crippen molar-refractivity contribution >= 4 is 22.4 Å². The van der Waals surface area contributed by atoms with E-state index in [0.717, 1.165) is 48.7 Å². The Morgan fingerprint density at radius 1 is 0.970 bits per heavy atom. The van der Waals surface area contributed by atoms with Gasteiger partial charge in [0.05, 0.1) is 5.52 Å². The lowest BCUT2D eigenvalue weighted by molar-refractivity contribution is 0.324. The van der Waals surface area contributed by atoms with E-state index in [0.29, 0.717) is 6.04 Å². The second kappa shape index (κ2) is 11.7. The molecule has 4 rings (SSSR count). The summed E-state index contributed by atoms with van der Waals surface area (Å²) in [6, 6.07) is 21.3. The molecule has 3 aromatic rings. The third kappa shape index (κ3) is 6.73. The van der Waals surface area contributed by atoms with E-state index in [4.69, 9.17) is 4.98 Å². The number of anilines is 2. The van der Waals surface area contributed by atoms with Gasteiger partial charge in [0, 0.05) is 49.3 Å². The minimum atomic E-state index is 0.512. The molecule has 0 bridgehead atoms. The fraction of sp³-hybridized carbons (Fsp3) is 0.414. The van der Waals surface area contributed by atoms with Gasteiger partial charge in [0.2, 0.25) is 0 Å². The Kier molecular flexibility index (Phi) is 8.22. The van der Waals surface area contributed by atoms with Gasteiger partial charge >= 0.3 is 0 Å². The van der Waals surface area contributed by atoms with Gasteiger partial charge in [-0.1, -0.05) is 48.2 Å². The van der Waals surface area contributed by atoms with Crippen molar-refractivity contribution in [1.82, 2.24) is 10.3 Å². The van der Waals surface area contributed by atoms with Crippen LogP contribution in [0.4, 0.5) is 11.5 Å². The van der Waals surface area contributed by atoms with Gasteiger partial charge in [0.25, 0.3) is 0 Å². The quantitative estimate of drug-likeness (QED) is 0.349. The number of hydrogen-bond acceptors (Lipinski definition) is 4. The average molecular weight is 441 g/mol. The second-order valence-electron chi connectivity index (χ2n) is 9.28. The molecule has 4 nitrogen and oxygen atoms in total. The van der Waals surface area contributed by atoms with Crippen LogP contribution >= 0.6 is 0 Å². The minimum absolute atomic E-state index is 0.512. The van der Waals surface area contributed by atoms with Crippen LogP contribution in [-0.4, -0.2) is 38.2 Å². The SMILES string of the molecule is CN(C)c1cc(NC2CCC(CNCCCC#Cc3ccccc3)CC2)nc2ccccc12. The molecule has 1 aliphatic rings. The van der Waals surface area contributed by atoms with E-state index in [2.05, 4.69) is 83.9 Å². The van der Waals surface area contributed by atoms with Crippen molar-refractivity contribution in [2.75, 3.05) is 37.4 Å². The van der Waals surface area contributed by atoms with Gasteiger partial charge in [0.15, 0.2) is 0 Å². The van der Waals surface area contributed by atoms with E-state index < -0.39 is 0 Å². The summed E-state index contributed by atoms with van der Waals surface area (Å²) in [7, 11) is 4.19. The van der Waals surface area contributed by atoms with Crippen molar-refractivity contribution in [3.05, 3.63) is 66.2 Å². The Hall–Kier alpha value is -3.03. The van der Waals surface area contributed by atoms with Crippen LogP contribution in [0.1, 0.15) is 44.1 Å². The summed E-state index contributed by atoms with van der Waals surface area (Å²) in [5.41, 5.74) is 3.37. The highest BCUT2D eigenvalue weighted by atomic mass is 15.1. The zero-order valence-corrected chi connectivity index (χ0v) is 20.0. The van der Waals surface area contributed by atoms with Crippen molar-refractivity contribution in [2.24, 2.45) is 5.92 Å². The van der Waals surface area contributed by atoms with Gasteiger partial charge in [-0.3, -0.25) is 0 Å². The second-order valence-corrected chi connectivity index (χ2v) is 9.28. The highest BCUT2D eigenvalue weighted by Gasteiger charge is 2.21. The van der Waals surface area contributed by atoms with Crippen LogP contribution in [-0.2, 0) is 0 Å². The summed E-state index contributed by atoms with van der Waals surface area (Å²) in [6.45, 7) is 2.17. The Bertz CT molecular complexity index is 1070. The fourth-order valence-corrected chi connectivity index (χ4v) is 4.62. The molecule has 0 unspecified atom stereocenters. The van der Waals surface area contributed by atoms with Crippen LogP contribution in [0.3, 0.4) is 0 Å². The molecule has 0 aliphatic heterocycles. The Morgan fingerprint density at radius 2 is 1.73 bits per heavy atom. The number of fused-ring (bicyclic) bond motifs is 1. The zero-order valence-electron chi connectivity index (χ0n) is 20.0. The first-order valence-electron chi connectivity index (χ1n) is 12.3. The third-order valence-corrected chi connectivity index (χ3v) is 6.47. The van der Waals surface area contributed by atoms with E-state index in [1.165, 1.54) is 36.8 Å². The number of benzene rings is 2. The molecule has 1 saturated carbocycles. The summed E-state index contributed by atoms with van der Waals surface area (Å²) in [6.07, 6.45) is 7.02. The number of pyridine rings is 1. The van der Waals surface area contributed by atoms with Gasteiger partial charge in [-0.15, -0.1) is 0 Å². The monoisotopic (exact) mass is 440 g/mol. The standard InChI is InChI=1S/C29H36N4/c1-33(2)28-21-29(32-27-15-9-8-14-26(27)28)31-25-18-16-24(17-19-25)22-30-20-10-4-7-13-23-11-5-3-6-12-23/h3,5-6,8-9,11-12,14-15,21,24-25,30H,4,10,16-20,22H2,1-2H3,(H,31,32). The number of para-hydroxylation sites is 1. The lowest BCUT2D eigenvalue weighted by Gasteiger charge is -2.30. The molecule has 172 valence electrons. The molecule has 4 heteroatoms. The predicted octanol–water partition coefficient (Wildman–Crippen LogP) is 5.69. The normalized spacial score (nSPS) is 17.9. The molecule has 1 aliphatic carbocycles. The van der Waals surface area contributed by atoms with Crippen LogP contribution in [0.25, 0.3) is 10.9 Å². The summed E-state index contributed by atoms with van der Waals surface area (Å²) < 4.78 is 0. The molecule has 0 amide bonds. The Labute approximate surface area is 198 Å². The van der Waals surface area contributed by atoms with E-state index >= 15 is 0 Å². The van der Waals surface area contributed by atoms with Crippen molar-refractivity contribution in [3.8, 4) is 11.8 Å². The van der Waals surface area contributed by atoms with Crippen molar-refractivity contribution in [1.29, 1.82) is 0 Å². The number of aromatic nitrogens is 1. The van der Waals surface area contributed by atoms with Gasteiger partial charge in [-0.05, 0) is 69.3 Å². The molecule has 0 atom stereocenters. The summed E-state index contributed by atoms with van der Waals surface area (Å²) in [5.74, 6) is 8.29. The molecular formula is C29H36N4. The van der Waals surface area contributed by atoms with Crippen LogP contribution < -0.4 is 15.5 Å². The Balaban J connectivity index is 1.17. The molecule has 1 aromatic heterocycles. The first-order valence-corrected chi connectivity index (χ1v) is 12.3. The smallest absolute Gasteiger partial charge is 0.128 e. The zero-order chi connectivity index (χ0) is 22.9. The lowest BCUT2D eigenvalue weighted by atomic mass is 9.86. The topological polar surface area (TPSA) is 40.2 Å². The van der Waals surface area contributed by atoms with Crippen LogP contribution in [0.5, 0.6) is 0 Å². The highest BCUT2D eigenvalue weighted by molar-refractivity contribution is 5.93. The van der Waals surface area contributed by atoms with Gasteiger partial charge in [0.1, 0.15) is 5.82 Å². The molecular weight excluding hydrogens is 404 g/mol. The minimum Gasteiger partial charge on any atom is -0.377 e. The van der Waals surface area contributed by atoms with Crippen LogP contribution in [0.15, 0.2) is 60.7 Å². The van der Waals surface area contributed by atoms with Crippen molar-refractivity contribution < 1.29 is 0 Å². The fourth-order valence-electron chi connectivity index (χ4n) is 4.62. The van der Waals surface area contributed by atoms with E-state index in [9.17, 15) is 0 Å². The maximum atomic E-state index is 4.87. The molecule has 1 fully saturated rings. The Morgan fingerprint density at radius 3 is 2.52 bits per heavy atom. The highest BCUT2D eigenvalue weighted by Crippen LogP contribution is 2.30. The first kappa shape index (κ1) is 23.1. The van der Waals surface area contributed by atoms with Gasteiger partial charge in [-0.25, -0.2) is 4.98 Å². The van der Waals surface area contributed by atoms with Crippen LogP contribution in [0.2, 0.25) is 0 Å². The van der Waals surface area contributed by atoms with Crippen molar-refractivity contribution in [3.63, 3.8) is 0 Å². The summed E-state index contributed by atoms with van der Waals surface area (Å²) in [4.78, 5) is 7.05. The number of unbranched alkanes of at least 4 members (excludes halogenated alkanes) is 1. The summed E-state index contributed by atoms with van der Waals surface area (Å²) >= 11 is 0. The largest absolute Gasteiger partial charge is 0.377 e. The first-order chi connectivity index (χ1) is 16.2. The third-order valence-electron chi connectivity index (χ3n) is 6.47. The number of nitrogens with one attached hydrogen (secondary N) is 2. The number of hydrogen-bond donors (Lipinski definition) is 2. The molecule has 2 N–H and O–H groups in total. The van der Waals surface area contributed by atoms with E-state index in [1.807, 2.05) is 18.2 Å². The molecule has 33 heavy (non-hydrogen) atoms. The maximum Gasteiger partial charge on any atom is 0.128 e. The van der Waals surface area contributed by atoms with Crippen LogP contribution in [0, 0.1) is 17.8 Å². The predicted molar refractivity (Wildman–Crippen MR) is 141 cm³/mol. The average Bonchev–Trinajstić information content (AvgIpc) is 2.84. The number of nitrogens with zero attached hydrogens (tertiary/aromatic N) is 2. The lowest BCUT2D eigenvalue weighted by Crippen LogP contribution is -2.31. The summed E-state index contributed by atoms with van der Waals surface area (Å²) in [5, 5.41) is 8.57. The molecule has 0 saturated heterocycles.